The molecule has 0 aliphatic heterocycles. The Bertz CT molecular complexity index is 263. The number of unbranched alkanes of at least 4 members (excludes halogenated alkanes) is 15. The molecule has 0 N–H and O–H groups in total. The zero-order chi connectivity index (χ0) is 18.8. The molecule has 3 nitrogen and oxygen atoms in total. The summed E-state index contributed by atoms with van der Waals surface area (Å²) in [6.07, 6.45) is 21.8. The van der Waals surface area contributed by atoms with Crippen LogP contribution in [-0.2, 0) is 4.74 Å². The molecule has 25 heavy (non-hydrogen) atoms. The van der Waals surface area contributed by atoms with Crippen LogP contribution in [0.1, 0.15) is 117 Å². The molecule has 0 fully saturated rings. The Morgan fingerprint density at radius 3 is 1.28 bits per heavy atom. The minimum atomic E-state index is -0.362. The molecule has 0 aromatic rings. The highest BCUT2D eigenvalue weighted by Crippen LogP contribution is 2.14. The lowest BCUT2D eigenvalue weighted by Crippen LogP contribution is -2.43. The van der Waals surface area contributed by atoms with Gasteiger partial charge >= 0.3 is 0 Å². The molecule has 0 saturated carbocycles. The lowest BCUT2D eigenvalue weighted by Gasteiger charge is -2.39. The molecule has 0 radical (unpaired) electrons. The van der Waals surface area contributed by atoms with Crippen molar-refractivity contribution in [1.82, 2.24) is 0 Å². The quantitative estimate of drug-likeness (QED) is 0.106. The van der Waals surface area contributed by atoms with E-state index in [1.807, 2.05) is 6.92 Å². The van der Waals surface area contributed by atoms with Crippen LogP contribution in [0.15, 0.2) is 0 Å². The Balaban J connectivity index is 3.10. The van der Waals surface area contributed by atoms with Crippen LogP contribution in [0.25, 0.3) is 0 Å². The average molecular weight is 358 g/mol. The van der Waals surface area contributed by atoms with Gasteiger partial charge in [-0.3, -0.25) is 0 Å². The number of hydroxylamine groups is 3. The van der Waals surface area contributed by atoms with E-state index in [2.05, 4.69) is 6.92 Å². The van der Waals surface area contributed by atoms with Crippen molar-refractivity contribution < 1.29 is 9.38 Å². The summed E-state index contributed by atoms with van der Waals surface area (Å²) >= 11 is 0. The molecule has 0 aromatic carbocycles. The highest BCUT2D eigenvalue weighted by Gasteiger charge is 2.13. The molecular weight excluding hydrogens is 310 g/mol. The van der Waals surface area contributed by atoms with Gasteiger partial charge in [-0.15, -0.1) is 0 Å². The maximum absolute atomic E-state index is 11.6. The molecule has 1 unspecified atom stereocenters. The second-order valence-corrected chi connectivity index (χ2v) is 8.21. The SMILES string of the molecule is CCCCCCCCCCCCCCCCCCOC(C)[N+](C)(C)[O-]. The van der Waals surface area contributed by atoms with Gasteiger partial charge in [0.1, 0.15) is 0 Å². The third-order valence-electron chi connectivity index (χ3n) is 5.23. The summed E-state index contributed by atoms with van der Waals surface area (Å²) < 4.78 is 5.22. The highest BCUT2D eigenvalue weighted by atomic mass is 16.6. The average Bonchev–Trinajstić information content (AvgIpc) is 2.56. The minimum absolute atomic E-state index is 0.253. The Morgan fingerprint density at radius 1 is 0.640 bits per heavy atom. The van der Waals surface area contributed by atoms with Crippen molar-refractivity contribution in [3.63, 3.8) is 0 Å². The summed E-state index contributed by atoms with van der Waals surface area (Å²) in [6.45, 7) is 4.87. The number of hydrogen-bond donors (Lipinski definition) is 0. The Kier molecular flexibility index (Phi) is 17.2. The van der Waals surface area contributed by atoms with Crippen LogP contribution in [0.5, 0.6) is 0 Å². The molecule has 0 rings (SSSR count). The largest absolute Gasteiger partial charge is 0.631 e. The van der Waals surface area contributed by atoms with Crippen molar-refractivity contribution in [3.8, 4) is 0 Å². The molecule has 0 spiro atoms. The molecule has 1 atom stereocenters. The van der Waals surface area contributed by atoms with E-state index in [1.54, 1.807) is 14.1 Å². The van der Waals surface area contributed by atoms with Crippen molar-refractivity contribution >= 4 is 0 Å². The molecule has 0 saturated heterocycles. The molecule has 0 aliphatic rings. The number of nitrogens with zero attached hydrogens (tertiary/aromatic N) is 1. The summed E-state index contributed by atoms with van der Waals surface area (Å²) in [7, 11) is 3.27. The van der Waals surface area contributed by atoms with Crippen molar-refractivity contribution in [2.24, 2.45) is 0 Å². The minimum Gasteiger partial charge on any atom is -0.631 e. The number of quaternary nitrogens is 1. The molecule has 0 aliphatic carbocycles. The predicted molar refractivity (Wildman–Crippen MR) is 110 cm³/mol. The van der Waals surface area contributed by atoms with E-state index < -0.39 is 0 Å². The monoisotopic (exact) mass is 357 g/mol. The summed E-state index contributed by atoms with van der Waals surface area (Å²) in [5, 5.41) is 11.6. The van der Waals surface area contributed by atoms with Crippen LogP contribution in [0, 0.1) is 5.21 Å². The van der Waals surface area contributed by atoms with Crippen LogP contribution < -0.4 is 0 Å². The van der Waals surface area contributed by atoms with E-state index >= 15 is 0 Å². The van der Waals surface area contributed by atoms with E-state index in [9.17, 15) is 5.21 Å². The predicted octanol–water partition coefficient (Wildman–Crippen LogP) is 7.18. The molecule has 0 heterocycles. The standard InChI is InChI=1S/C22H47NO2/c1-5-6-7-8-9-10-11-12-13-14-15-16-17-18-19-20-21-25-22(2)23(3,4)24/h22H,5-21H2,1-4H3. The van der Waals surface area contributed by atoms with Gasteiger partial charge < -0.3 is 14.6 Å². The summed E-state index contributed by atoms with van der Waals surface area (Å²) in [4.78, 5) is 0. The highest BCUT2D eigenvalue weighted by molar-refractivity contribution is 4.50. The van der Waals surface area contributed by atoms with Gasteiger partial charge in [0.25, 0.3) is 0 Å². The van der Waals surface area contributed by atoms with Crippen molar-refractivity contribution in [2.75, 3.05) is 20.7 Å². The number of ether oxygens (including phenoxy) is 1. The summed E-state index contributed by atoms with van der Waals surface area (Å²) in [5.74, 6) is 0. The molecule has 0 aromatic heterocycles. The van der Waals surface area contributed by atoms with Crippen LogP contribution >= 0.6 is 0 Å². The van der Waals surface area contributed by atoms with E-state index in [4.69, 9.17) is 4.74 Å². The zero-order valence-electron chi connectivity index (χ0n) is 17.9. The Labute approximate surface area is 158 Å². The fourth-order valence-electron chi connectivity index (χ4n) is 3.08. The van der Waals surface area contributed by atoms with Crippen LogP contribution in [-0.4, -0.2) is 31.6 Å². The zero-order valence-corrected chi connectivity index (χ0v) is 17.9. The maximum atomic E-state index is 11.6. The van der Waals surface area contributed by atoms with Crippen LogP contribution in [0.3, 0.4) is 0 Å². The van der Waals surface area contributed by atoms with Crippen molar-refractivity contribution in [1.29, 1.82) is 0 Å². The second-order valence-electron chi connectivity index (χ2n) is 8.21. The number of hydrogen-bond acceptors (Lipinski definition) is 2. The fraction of sp³-hybridized carbons (Fsp3) is 1.00. The first-order chi connectivity index (χ1) is 12.0. The van der Waals surface area contributed by atoms with E-state index in [0.717, 1.165) is 13.0 Å². The Hall–Kier alpha value is -0.120. The fourth-order valence-corrected chi connectivity index (χ4v) is 3.08. The maximum Gasteiger partial charge on any atom is 0.189 e. The van der Waals surface area contributed by atoms with Gasteiger partial charge in [0.05, 0.1) is 20.7 Å². The number of rotatable bonds is 19. The lowest BCUT2D eigenvalue weighted by molar-refractivity contribution is -0.889. The third-order valence-corrected chi connectivity index (χ3v) is 5.23. The molecule has 152 valence electrons. The Morgan fingerprint density at radius 2 is 0.960 bits per heavy atom. The van der Waals surface area contributed by atoms with E-state index in [-0.39, 0.29) is 10.9 Å². The molecule has 0 bridgehead atoms. The summed E-state index contributed by atoms with van der Waals surface area (Å²) in [5.41, 5.74) is 0. The van der Waals surface area contributed by atoms with Gasteiger partial charge in [0.15, 0.2) is 6.23 Å². The lowest BCUT2D eigenvalue weighted by atomic mass is 10.0. The van der Waals surface area contributed by atoms with Crippen LogP contribution in [0.4, 0.5) is 0 Å². The second kappa shape index (κ2) is 17.3. The first kappa shape index (κ1) is 24.9. The first-order valence-corrected chi connectivity index (χ1v) is 11.1. The molecular formula is C22H47NO2. The first-order valence-electron chi connectivity index (χ1n) is 11.1. The molecule has 0 amide bonds. The normalized spacial score (nSPS) is 13.3. The van der Waals surface area contributed by atoms with Crippen molar-refractivity contribution in [2.45, 2.75) is 123 Å². The third kappa shape index (κ3) is 18.5. The van der Waals surface area contributed by atoms with Gasteiger partial charge in [0, 0.05) is 6.92 Å². The summed E-state index contributed by atoms with van der Waals surface area (Å²) in [6, 6.07) is 0. The van der Waals surface area contributed by atoms with Gasteiger partial charge in [-0.25, -0.2) is 0 Å². The van der Waals surface area contributed by atoms with Crippen LogP contribution in [0.2, 0.25) is 0 Å². The van der Waals surface area contributed by atoms with Gasteiger partial charge in [-0.1, -0.05) is 103 Å². The van der Waals surface area contributed by atoms with E-state index in [1.165, 1.54) is 96.3 Å². The van der Waals surface area contributed by atoms with Crippen molar-refractivity contribution in [3.05, 3.63) is 5.21 Å². The topological polar surface area (TPSA) is 32.3 Å². The van der Waals surface area contributed by atoms with Gasteiger partial charge in [-0.05, 0) is 6.42 Å². The van der Waals surface area contributed by atoms with E-state index in [0.29, 0.717) is 0 Å². The molecule has 3 heteroatoms. The smallest absolute Gasteiger partial charge is 0.189 e. The van der Waals surface area contributed by atoms with Gasteiger partial charge in [-0.2, -0.15) is 0 Å². The van der Waals surface area contributed by atoms with Gasteiger partial charge in [0.2, 0.25) is 0 Å².